The number of nitrogens with two attached hydrogens (primary N) is 1. The van der Waals surface area contributed by atoms with Crippen molar-refractivity contribution >= 4 is 67.1 Å². The number of pyridine rings is 1. The summed E-state index contributed by atoms with van der Waals surface area (Å²) in [6.07, 6.45) is 6.70. The van der Waals surface area contributed by atoms with Gasteiger partial charge in [0.25, 0.3) is 0 Å². The number of piperazine rings is 1. The Morgan fingerprint density at radius 1 is 0.893 bits per heavy atom. The Bertz CT molecular complexity index is 1880. The SMILES string of the molecule is NC(=O)[C@@H](Cc1cc(Br)c(O)c(Br)c1)N(C(=O)N1CCC(N2Cc3ccccc3NC2=O)CC1)[C@@H](CC1CCNCC1)C(=O)N1CCN(c2ccncc2)CC1. The number of aromatic hydroxyl groups is 1. The van der Waals surface area contributed by atoms with E-state index in [0.717, 1.165) is 42.9 Å². The van der Waals surface area contributed by atoms with E-state index < -0.39 is 24.0 Å². The van der Waals surface area contributed by atoms with Crippen LogP contribution in [0.3, 0.4) is 0 Å². The molecule has 2 atom stereocenters. The molecule has 56 heavy (non-hydrogen) atoms. The lowest BCUT2D eigenvalue weighted by Crippen LogP contribution is -2.64. The number of primary amides is 1. The molecule has 0 unspecified atom stereocenters. The molecule has 2 aromatic carbocycles. The Morgan fingerprint density at radius 3 is 2.21 bits per heavy atom. The molecule has 14 nitrogen and oxygen atoms in total. The number of urea groups is 2. The molecule has 0 saturated carbocycles. The number of piperidine rings is 2. The van der Waals surface area contributed by atoms with Crippen LogP contribution >= 0.6 is 31.9 Å². The number of aromatic nitrogens is 1. The third kappa shape index (κ3) is 8.92. The van der Waals surface area contributed by atoms with Gasteiger partial charge < -0.3 is 46.0 Å². The molecule has 0 radical (unpaired) electrons. The van der Waals surface area contributed by atoms with Crippen LogP contribution in [-0.2, 0) is 22.6 Å². The molecule has 5 N–H and O–H groups in total. The zero-order valence-corrected chi connectivity index (χ0v) is 34.5. The first kappa shape index (κ1) is 39.8. The van der Waals surface area contributed by atoms with Crippen molar-refractivity contribution < 1.29 is 24.3 Å². The Labute approximate surface area is 344 Å². The number of phenols is 1. The second-order valence-electron chi connectivity index (χ2n) is 15.1. The number of para-hydroxylation sites is 1. The van der Waals surface area contributed by atoms with Gasteiger partial charge >= 0.3 is 12.1 Å². The standard InChI is InChI=1S/C40H49Br2N9O5/c41-31-21-27(22-32(42)36(31)52)24-34(37(43)53)51(40(56)49-15-9-30(10-16-49)50-25-28-3-1-2-4-33(28)46-39(50)55)35(23-26-5-11-44-12-6-26)38(54)48-19-17-47(18-20-48)29-7-13-45-14-8-29/h1-4,7-8,13-14,21-22,26,30,34-35,44,52H,5-6,9-12,15-20,23-25H2,(H2,43,53)(H,46,55)/t34-,35+/m1/s1. The summed E-state index contributed by atoms with van der Waals surface area (Å²) in [5.74, 6) is -0.752. The number of anilines is 2. The van der Waals surface area contributed by atoms with Crippen LogP contribution in [0.2, 0.25) is 0 Å². The van der Waals surface area contributed by atoms with E-state index in [1.165, 1.54) is 4.90 Å². The highest BCUT2D eigenvalue weighted by Crippen LogP contribution is 2.35. The highest BCUT2D eigenvalue weighted by Gasteiger charge is 2.44. The highest BCUT2D eigenvalue weighted by molar-refractivity contribution is 9.11. The lowest BCUT2D eigenvalue weighted by atomic mass is 9.88. The maximum Gasteiger partial charge on any atom is 0.322 e. The summed E-state index contributed by atoms with van der Waals surface area (Å²) in [5, 5.41) is 16.9. The summed E-state index contributed by atoms with van der Waals surface area (Å²) in [6.45, 7) is 4.91. The van der Waals surface area contributed by atoms with Gasteiger partial charge in [-0.25, -0.2) is 9.59 Å². The predicted octanol–water partition coefficient (Wildman–Crippen LogP) is 4.75. The fourth-order valence-corrected chi connectivity index (χ4v) is 9.83. The number of fused-ring (bicyclic) bond motifs is 1. The molecular weight excluding hydrogens is 846 g/mol. The van der Waals surface area contributed by atoms with Crippen LogP contribution in [0.5, 0.6) is 5.75 Å². The van der Waals surface area contributed by atoms with Gasteiger partial charge in [-0.2, -0.15) is 0 Å². The summed E-state index contributed by atoms with van der Waals surface area (Å²) < 4.78 is 0.840. The van der Waals surface area contributed by atoms with E-state index in [2.05, 4.69) is 52.4 Å². The molecule has 3 aromatic rings. The first-order valence-corrected chi connectivity index (χ1v) is 21.0. The number of phenolic OH excluding ortho intramolecular Hbond substituents is 1. The van der Waals surface area contributed by atoms with E-state index in [0.29, 0.717) is 79.6 Å². The number of carbonyl (C=O) groups excluding carboxylic acids is 4. The lowest BCUT2D eigenvalue weighted by Gasteiger charge is -2.46. The predicted molar refractivity (Wildman–Crippen MR) is 220 cm³/mol. The maximum absolute atomic E-state index is 15.1. The summed E-state index contributed by atoms with van der Waals surface area (Å²) in [6, 6.07) is 12.3. The van der Waals surface area contributed by atoms with Crippen molar-refractivity contribution in [3.63, 3.8) is 0 Å². The van der Waals surface area contributed by atoms with Gasteiger partial charge in [0.1, 0.15) is 17.8 Å². The monoisotopic (exact) mass is 893 g/mol. The van der Waals surface area contributed by atoms with E-state index >= 15 is 4.79 Å². The van der Waals surface area contributed by atoms with Gasteiger partial charge in [-0.1, -0.05) is 18.2 Å². The number of benzene rings is 2. The quantitative estimate of drug-likeness (QED) is 0.226. The normalized spacial score (nSPS) is 19.2. The Morgan fingerprint density at radius 2 is 1.55 bits per heavy atom. The topological polar surface area (TPSA) is 168 Å². The first-order chi connectivity index (χ1) is 27.1. The van der Waals surface area contributed by atoms with E-state index in [-0.39, 0.29) is 36.1 Å². The fraction of sp³-hybridized carbons (Fsp3) is 0.475. The fourth-order valence-electron chi connectivity index (χ4n) is 8.55. The molecule has 16 heteroatoms. The van der Waals surface area contributed by atoms with Gasteiger partial charge in [0.2, 0.25) is 11.8 Å². The number of carbonyl (C=O) groups is 4. The molecule has 4 aliphatic rings. The molecule has 3 fully saturated rings. The number of rotatable bonds is 10. The maximum atomic E-state index is 15.1. The Kier molecular flexibility index (Phi) is 12.7. The van der Waals surface area contributed by atoms with Crippen molar-refractivity contribution in [3.8, 4) is 5.75 Å². The summed E-state index contributed by atoms with van der Waals surface area (Å²) in [7, 11) is 0. The van der Waals surface area contributed by atoms with Crippen LogP contribution < -0.4 is 21.3 Å². The average Bonchev–Trinajstić information content (AvgIpc) is 3.22. The number of hydrogen-bond donors (Lipinski definition) is 4. The number of amides is 6. The van der Waals surface area contributed by atoms with Gasteiger partial charge in [0.05, 0.1) is 8.95 Å². The minimum atomic E-state index is -1.17. The van der Waals surface area contributed by atoms with Gasteiger partial charge in [0, 0.05) is 82.0 Å². The minimum Gasteiger partial charge on any atom is -0.506 e. The Hall–Kier alpha value is -4.41. The average molecular weight is 896 g/mol. The van der Waals surface area contributed by atoms with Crippen LogP contribution in [0.1, 0.15) is 43.2 Å². The molecule has 4 aliphatic heterocycles. The van der Waals surface area contributed by atoms with E-state index in [9.17, 15) is 19.5 Å². The molecule has 6 amide bonds. The first-order valence-electron chi connectivity index (χ1n) is 19.4. The third-order valence-electron chi connectivity index (χ3n) is 11.7. The van der Waals surface area contributed by atoms with Gasteiger partial charge in [-0.05, 0) is 124 Å². The van der Waals surface area contributed by atoms with Crippen LogP contribution in [0, 0.1) is 5.92 Å². The summed E-state index contributed by atoms with van der Waals surface area (Å²) in [5.41, 5.74) is 9.77. The van der Waals surface area contributed by atoms with E-state index in [4.69, 9.17) is 5.73 Å². The van der Waals surface area contributed by atoms with Gasteiger partial charge in [-0.15, -0.1) is 0 Å². The van der Waals surface area contributed by atoms with Gasteiger partial charge in [-0.3, -0.25) is 14.6 Å². The zero-order chi connectivity index (χ0) is 39.3. The van der Waals surface area contributed by atoms with Crippen molar-refractivity contribution in [3.05, 3.63) is 81.0 Å². The molecular formula is C40H49Br2N9O5. The molecule has 1 aromatic heterocycles. The lowest BCUT2D eigenvalue weighted by molar-refractivity contribution is -0.139. The minimum absolute atomic E-state index is 0.0101. The van der Waals surface area contributed by atoms with Crippen LogP contribution in [0.4, 0.5) is 21.0 Å². The van der Waals surface area contributed by atoms with Gasteiger partial charge in [0.15, 0.2) is 0 Å². The number of nitrogens with zero attached hydrogens (tertiary/aromatic N) is 6. The molecule has 7 rings (SSSR count). The van der Waals surface area contributed by atoms with Crippen LogP contribution in [-0.4, -0.2) is 124 Å². The number of halogens is 2. The second-order valence-corrected chi connectivity index (χ2v) is 16.8. The van der Waals surface area contributed by atoms with Crippen molar-refractivity contribution in [2.24, 2.45) is 11.7 Å². The summed E-state index contributed by atoms with van der Waals surface area (Å²) in [4.78, 5) is 70.2. The molecule has 0 aliphatic carbocycles. The van der Waals surface area contributed by atoms with Crippen molar-refractivity contribution in [1.29, 1.82) is 0 Å². The Balaban J connectivity index is 1.18. The van der Waals surface area contributed by atoms with Crippen LogP contribution in [0.15, 0.2) is 69.9 Å². The van der Waals surface area contributed by atoms with Crippen molar-refractivity contribution in [2.75, 3.05) is 62.6 Å². The molecule has 0 spiro atoms. The smallest absolute Gasteiger partial charge is 0.322 e. The molecule has 0 bridgehead atoms. The zero-order valence-electron chi connectivity index (χ0n) is 31.3. The van der Waals surface area contributed by atoms with E-state index in [1.54, 1.807) is 29.4 Å². The number of hydrogen-bond acceptors (Lipinski definition) is 8. The number of likely N-dealkylation sites (tertiary alicyclic amines) is 1. The molecule has 298 valence electrons. The third-order valence-corrected chi connectivity index (χ3v) is 12.9. The van der Waals surface area contributed by atoms with Crippen molar-refractivity contribution in [2.45, 2.75) is 63.2 Å². The molecule has 3 saturated heterocycles. The largest absolute Gasteiger partial charge is 0.506 e. The molecule has 5 heterocycles. The second kappa shape index (κ2) is 17.8. The van der Waals surface area contributed by atoms with Crippen molar-refractivity contribution in [1.82, 2.24) is 29.9 Å². The highest BCUT2D eigenvalue weighted by atomic mass is 79.9. The van der Waals surface area contributed by atoms with Crippen LogP contribution in [0.25, 0.3) is 0 Å². The van der Waals surface area contributed by atoms with E-state index in [1.807, 2.05) is 46.2 Å². The summed E-state index contributed by atoms with van der Waals surface area (Å²) >= 11 is 6.81. The number of nitrogens with one attached hydrogen (secondary N) is 2.